The number of rotatable bonds is 6. The number of aryl methyl sites for hydroxylation is 1. The summed E-state index contributed by atoms with van der Waals surface area (Å²) in [6, 6.07) is 12.9. The summed E-state index contributed by atoms with van der Waals surface area (Å²) >= 11 is 0. The lowest BCUT2D eigenvalue weighted by Gasteiger charge is -2.16. The molecule has 0 aliphatic rings. The fourth-order valence-corrected chi connectivity index (χ4v) is 2.61. The molecule has 6 nitrogen and oxygen atoms in total. The zero-order valence-electron chi connectivity index (χ0n) is 13.7. The van der Waals surface area contributed by atoms with Crippen LogP contribution in [0.1, 0.15) is 15.9 Å². The van der Waals surface area contributed by atoms with Crippen LogP contribution in [0.3, 0.4) is 0 Å². The van der Waals surface area contributed by atoms with Crippen LogP contribution < -0.4 is 10.1 Å². The molecule has 1 heterocycles. The summed E-state index contributed by atoms with van der Waals surface area (Å²) in [6.07, 6.45) is 1.32. The van der Waals surface area contributed by atoms with Gasteiger partial charge in [0.1, 0.15) is 23.4 Å². The second kappa shape index (κ2) is 7.19. The van der Waals surface area contributed by atoms with Gasteiger partial charge in [-0.1, -0.05) is 30.3 Å². The van der Waals surface area contributed by atoms with E-state index in [-0.39, 0.29) is 18.8 Å². The van der Waals surface area contributed by atoms with Crippen molar-refractivity contribution >= 4 is 28.2 Å². The first-order chi connectivity index (χ1) is 12.1. The van der Waals surface area contributed by atoms with E-state index in [0.29, 0.717) is 22.3 Å². The van der Waals surface area contributed by atoms with Crippen LogP contribution in [0.25, 0.3) is 10.9 Å². The number of nitrogens with zero attached hydrogens (tertiary/aromatic N) is 1. The number of aliphatic hydroxyl groups excluding tert-OH is 1. The minimum absolute atomic E-state index is 0.0788. The summed E-state index contributed by atoms with van der Waals surface area (Å²) in [7, 11) is 0. The first kappa shape index (κ1) is 16.7. The molecule has 0 fully saturated rings. The Balaban J connectivity index is 2.18. The molecule has 0 saturated carbocycles. The van der Waals surface area contributed by atoms with Gasteiger partial charge in [-0.05, 0) is 24.6 Å². The van der Waals surface area contributed by atoms with E-state index in [1.54, 1.807) is 18.2 Å². The number of benzene rings is 2. The maximum absolute atomic E-state index is 11.7. The maximum atomic E-state index is 11.7. The number of anilines is 2. The molecule has 3 aromatic rings. The molecule has 0 aliphatic heterocycles. The Hall–Kier alpha value is -3.12. The number of pyridine rings is 1. The Morgan fingerprint density at radius 1 is 1.20 bits per heavy atom. The normalized spacial score (nSPS) is 10.6. The molecule has 2 aromatic carbocycles. The Morgan fingerprint density at radius 2 is 2.00 bits per heavy atom. The number of aromatic carboxylic acids is 1. The summed E-state index contributed by atoms with van der Waals surface area (Å²) < 4.78 is 5.51. The number of ether oxygens (including phenoxy) is 1. The molecule has 0 radical (unpaired) electrons. The Bertz CT molecular complexity index is 924. The molecule has 25 heavy (non-hydrogen) atoms. The van der Waals surface area contributed by atoms with Crippen molar-refractivity contribution in [3.05, 3.63) is 59.8 Å². The van der Waals surface area contributed by atoms with Crippen LogP contribution >= 0.6 is 0 Å². The van der Waals surface area contributed by atoms with Gasteiger partial charge in [-0.3, -0.25) is 4.98 Å². The van der Waals surface area contributed by atoms with E-state index in [1.807, 2.05) is 31.2 Å². The summed E-state index contributed by atoms with van der Waals surface area (Å²) in [6.45, 7) is 1.97. The van der Waals surface area contributed by atoms with Gasteiger partial charge in [-0.2, -0.15) is 0 Å². The van der Waals surface area contributed by atoms with E-state index in [1.165, 1.54) is 6.20 Å². The van der Waals surface area contributed by atoms with Crippen molar-refractivity contribution in [1.29, 1.82) is 0 Å². The number of hydrogen-bond acceptors (Lipinski definition) is 5. The molecule has 6 heteroatoms. The summed E-state index contributed by atoms with van der Waals surface area (Å²) in [5, 5.41) is 22.4. The van der Waals surface area contributed by atoms with Crippen molar-refractivity contribution < 1.29 is 19.7 Å². The maximum Gasteiger partial charge on any atom is 0.339 e. The number of aromatic nitrogens is 1. The van der Waals surface area contributed by atoms with Crippen molar-refractivity contribution in [1.82, 2.24) is 4.98 Å². The number of aliphatic hydroxyl groups is 1. The van der Waals surface area contributed by atoms with Crippen molar-refractivity contribution in [3.63, 3.8) is 0 Å². The van der Waals surface area contributed by atoms with Crippen LogP contribution in [0, 0.1) is 6.92 Å². The molecule has 0 unspecified atom stereocenters. The number of carbonyl (C=O) groups is 1. The van der Waals surface area contributed by atoms with Crippen LogP contribution in [0.4, 0.5) is 11.4 Å². The number of para-hydroxylation sites is 2. The molecule has 128 valence electrons. The van der Waals surface area contributed by atoms with Crippen LogP contribution in [0.15, 0.2) is 48.7 Å². The van der Waals surface area contributed by atoms with Gasteiger partial charge in [-0.25, -0.2) is 4.79 Å². The van der Waals surface area contributed by atoms with Gasteiger partial charge in [0.25, 0.3) is 0 Å². The van der Waals surface area contributed by atoms with Crippen molar-refractivity contribution in [2.24, 2.45) is 0 Å². The standard InChI is InChI=1S/C19H18N2O4/c1-12-5-2-3-7-15(12)21-17-13-6-4-8-16(25-10-9-22)18(13)20-11-14(17)19(23)24/h2-8,11,22H,9-10H2,1H3,(H,20,21)(H,23,24). The van der Waals surface area contributed by atoms with Crippen LogP contribution in [0.2, 0.25) is 0 Å². The van der Waals surface area contributed by atoms with Crippen LogP contribution in [-0.2, 0) is 0 Å². The van der Waals surface area contributed by atoms with Crippen LogP contribution in [-0.4, -0.2) is 34.4 Å². The Labute approximate surface area is 144 Å². The molecule has 0 aliphatic carbocycles. The third-order valence-electron chi connectivity index (χ3n) is 3.84. The highest BCUT2D eigenvalue weighted by Crippen LogP contribution is 2.34. The highest BCUT2D eigenvalue weighted by molar-refractivity contribution is 6.06. The van der Waals surface area contributed by atoms with Gasteiger partial charge in [-0.15, -0.1) is 0 Å². The predicted octanol–water partition coefficient (Wildman–Crippen LogP) is 3.36. The highest BCUT2D eigenvalue weighted by Gasteiger charge is 2.17. The van der Waals surface area contributed by atoms with Gasteiger partial charge >= 0.3 is 5.97 Å². The average molecular weight is 338 g/mol. The quantitative estimate of drug-likeness (QED) is 0.638. The fraction of sp³-hybridized carbons (Fsp3) is 0.158. The van der Waals surface area contributed by atoms with E-state index in [4.69, 9.17) is 9.84 Å². The largest absolute Gasteiger partial charge is 0.489 e. The molecule has 3 rings (SSSR count). The topological polar surface area (TPSA) is 91.7 Å². The third-order valence-corrected chi connectivity index (χ3v) is 3.84. The number of carboxylic acids is 1. The Kier molecular flexibility index (Phi) is 4.81. The molecule has 0 spiro atoms. The minimum atomic E-state index is -1.06. The minimum Gasteiger partial charge on any atom is -0.489 e. The molecular formula is C19H18N2O4. The van der Waals surface area contributed by atoms with Gasteiger partial charge in [0.2, 0.25) is 0 Å². The van der Waals surface area contributed by atoms with Crippen LogP contribution in [0.5, 0.6) is 5.75 Å². The lowest BCUT2D eigenvalue weighted by Crippen LogP contribution is -2.07. The van der Waals surface area contributed by atoms with Crippen molar-refractivity contribution in [2.45, 2.75) is 6.92 Å². The zero-order chi connectivity index (χ0) is 17.8. The summed E-state index contributed by atoms with van der Waals surface area (Å²) in [5.41, 5.74) is 2.89. The first-order valence-electron chi connectivity index (χ1n) is 7.83. The molecular weight excluding hydrogens is 320 g/mol. The third kappa shape index (κ3) is 3.39. The lowest BCUT2D eigenvalue weighted by atomic mass is 10.1. The smallest absolute Gasteiger partial charge is 0.339 e. The number of fused-ring (bicyclic) bond motifs is 1. The number of hydrogen-bond donors (Lipinski definition) is 3. The SMILES string of the molecule is Cc1ccccc1Nc1c(C(=O)O)cnc2c(OCCO)cccc12. The number of nitrogens with one attached hydrogen (secondary N) is 1. The summed E-state index contributed by atoms with van der Waals surface area (Å²) in [5.74, 6) is -0.566. The lowest BCUT2D eigenvalue weighted by molar-refractivity contribution is 0.0697. The van der Waals surface area contributed by atoms with E-state index in [0.717, 1.165) is 11.3 Å². The highest BCUT2D eigenvalue weighted by atomic mass is 16.5. The zero-order valence-corrected chi connectivity index (χ0v) is 13.7. The van der Waals surface area contributed by atoms with Crippen molar-refractivity contribution in [2.75, 3.05) is 18.5 Å². The fourth-order valence-electron chi connectivity index (χ4n) is 2.61. The van der Waals surface area contributed by atoms with E-state index < -0.39 is 5.97 Å². The second-order valence-corrected chi connectivity index (χ2v) is 5.52. The Morgan fingerprint density at radius 3 is 2.72 bits per heavy atom. The van der Waals surface area contributed by atoms with Gasteiger partial charge < -0.3 is 20.3 Å². The number of carboxylic acid groups (broad SMARTS) is 1. The monoisotopic (exact) mass is 338 g/mol. The van der Waals surface area contributed by atoms with Crippen molar-refractivity contribution in [3.8, 4) is 5.75 Å². The molecule has 0 bridgehead atoms. The second-order valence-electron chi connectivity index (χ2n) is 5.52. The van der Waals surface area contributed by atoms with E-state index in [9.17, 15) is 9.90 Å². The molecule has 3 N–H and O–H groups in total. The molecule has 0 saturated heterocycles. The van der Waals surface area contributed by atoms with Gasteiger partial charge in [0, 0.05) is 17.3 Å². The first-order valence-corrected chi connectivity index (χ1v) is 7.83. The van der Waals surface area contributed by atoms with E-state index >= 15 is 0 Å². The van der Waals surface area contributed by atoms with E-state index in [2.05, 4.69) is 10.3 Å². The average Bonchev–Trinajstić information content (AvgIpc) is 2.61. The molecule has 0 atom stereocenters. The predicted molar refractivity (Wildman–Crippen MR) is 95.7 cm³/mol. The van der Waals surface area contributed by atoms with Gasteiger partial charge in [0.15, 0.2) is 0 Å². The summed E-state index contributed by atoms with van der Waals surface area (Å²) in [4.78, 5) is 15.9. The molecule has 1 aromatic heterocycles. The van der Waals surface area contributed by atoms with Gasteiger partial charge in [0.05, 0.1) is 12.3 Å². The molecule has 0 amide bonds.